The molecule has 1 saturated heterocycles. The Morgan fingerprint density at radius 2 is 2.42 bits per heavy atom. The minimum absolute atomic E-state index is 0.0421. The third-order valence-corrected chi connectivity index (χ3v) is 4.23. The van der Waals surface area contributed by atoms with Crippen molar-refractivity contribution in [2.75, 3.05) is 18.1 Å². The molecule has 0 bridgehead atoms. The predicted octanol–water partition coefficient (Wildman–Crippen LogP) is 1.57. The van der Waals surface area contributed by atoms with Crippen LogP contribution < -0.4 is 5.32 Å². The van der Waals surface area contributed by atoms with Gasteiger partial charge in [0.05, 0.1) is 0 Å². The van der Waals surface area contributed by atoms with E-state index in [0.29, 0.717) is 5.56 Å². The van der Waals surface area contributed by atoms with Gasteiger partial charge in [0.1, 0.15) is 6.61 Å². The molecule has 19 heavy (non-hydrogen) atoms. The number of benzene rings is 1. The van der Waals surface area contributed by atoms with Gasteiger partial charge in [-0.05, 0) is 36.8 Å². The van der Waals surface area contributed by atoms with Crippen LogP contribution in [0.1, 0.15) is 27.9 Å². The molecular weight excluding hydrogens is 258 g/mol. The number of hydrogen-bond acceptors (Lipinski definition) is 3. The van der Waals surface area contributed by atoms with Gasteiger partial charge in [0, 0.05) is 22.9 Å². The lowest BCUT2D eigenvalue weighted by Gasteiger charge is -2.11. The number of hydrogen-bond donors (Lipinski definition) is 2. The van der Waals surface area contributed by atoms with Crippen molar-refractivity contribution < 1.29 is 9.90 Å². The van der Waals surface area contributed by atoms with Gasteiger partial charge in [0.25, 0.3) is 5.91 Å². The molecule has 1 aromatic rings. The molecular formula is C15H17NO2S. The first kappa shape index (κ1) is 14.0. The number of aliphatic hydroxyl groups is 1. The zero-order chi connectivity index (χ0) is 13.7. The molecule has 1 aliphatic heterocycles. The lowest BCUT2D eigenvalue weighted by molar-refractivity contribution is 0.0941. The van der Waals surface area contributed by atoms with Gasteiger partial charge in [-0.15, -0.1) is 0 Å². The summed E-state index contributed by atoms with van der Waals surface area (Å²) in [5.41, 5.74) is 2.43. The number of nitrogens with one attached hydrogen (secondary N) is 1. The van der Waals surface area contributed by atoms with E-state index in [4.69, 9.17) is 5.11 Å². The SMILES string of the molecule is Cc1ccc(C(=O)NC2CCSC2)cc1C#CCO. The molecule has 1 unspecified atom stereocenters. The average molecular weight is 275 g/mol. The van der Waals surface area contributed by atoms with Crippen LogP contribution in [0.4, 0.5) is 0 Å². The van der Waals surface area contributed by atoms with Crippen LogP contribution in [0.25, 0.3) is 0 Å². The molecule has 100 valence electrons. The molecule has 0 aliphatic carbocycles. The molecule has 1 aromatic carbocycles. The van der Waals surface area contributed by atoms with E-state index < -0.39 is 0 Å². The molecule has 4 heteroatoms. The van der Waals surface area contributed by atoms with Crippen LogP contribution in [0.15, 0.2) is 18.2 Å². The minimum atomic E-state index is -0.171. The smallest absolute Gasteiger partial charge is 0.251 e. The van der Waals surface area contributed by atoms with Gasteiger partial charge in [-0.2, -0.15) is 11.8 Å². The predicted molar refractivity (Wildman–Crippen MR) is 78.3 cm³/mol. The van der Waals surface area contributed by atoms with Crippen molar-refractivity contribution in [3.63, 3.8) is 0 Å². The molecule has 1 atom stereocenters. The summed E-state index contributed by atoms with van der Waals surface area (Å²) in [5, 5.41) is 11.8. The van der Waals surface area contributed by atoms with Gasteiger partial charge in [0.15, 0.2) is 0 Å². The maximum absolute atomic E-state index is 12.1. The van der Waals surface area contributed by atoms with Crippen LogP contribution >= 0.6 is 11.8 Å². The van der Waals surface area contributed by atoms with Crippen LogP contribution in [-0.2, 0) is 0 Å². The number of carbonyl (C=O) groups is 1. The normalized spacial score (nSPS) is 17.7. The lowest BCUT2D eigenvalue weighted by atomic mass is 10.0. The number of thioether (sulfide) groups is 1. The van der Waals surface area contributed by atoms with Crippen molar-refractivity contribution in [3.05, 3.63) is 34.9 Å². The Labute approximate surface area is 117 Å². The first-order valence-corrected chi connectivity index (χ1v) is 7.45. The highest BCUT2D eigenvalue weighted by atomic mass is 32.2. The fourth-order valence-corrected chi connectivity index (χ4v) is 3.10. The summed E-state index contributed by atoms with van der Waals surface area (Å²) in [6.45, 7) is 1.77. The summed E-state index contributed by atoms with van der Waals surface area (Å²) in [6, 6.07) is 5.78. The molecule has 0 aromatic heterocycles. The Bertz CT molecular complexity index is 525. The number of amides is 1. The molecule has 1 heterocycles. The van der Waals surface area contributed by atoms with Gasteiger partial charge >= 0.3 is 0 Å². The number of aryl methyl sites for hydroxylation is 1. The van der Waals surface area contributed by atoms with Gasteiger partial charge in [-0.25, -0.2) is 0 Å². The van der Waals surface area contributed by atoms with Crippen LogP contribution in [0.3, 0.4) is 0 Å². The largest absolute Gasteiger partial charge is 0.384 e. The first-order valence-electron chi connectivity index (χ1n) is 6.29. The Kier molecular flexibility index (Phi) is 4.89. The van der Waals surface area contributed by atoms with Crippen molar-refractivity contribution >= 4 is 17.7 Å². The van der Waals surface area contributed by atoms with Gasteiger partial charge in [-0.3, -0.25) is 4.79 Å². The van der Waals surface area contributed by atoms with E-state index in [2.05, 4.69) is 17.2 Å². The number of rotatable bonds is 2. The molecule has 1 aliphatic rings. The second kappa shape index (κ2) is 6.65. The zero-order valence-electron chi connectivity index (χ0n) is 10.9. The summed E-state index contributed by atoms with van der Waals surface area (Å²) < 4.78 is 0. The maximum Gasteiger partial charge on any atom is 0.251 e. The van der Waals surface area contributed by atoms with E-state index in [1.54, 1.807) is 6.07 Å². The number of carbonyl (C=O) groups excluding carboxylic acids is 1. The summed E-state index contributed by atoms with van der Waals surface area (Å²) in [7, 11) is 0. The van der Waals surface area contributed by atoms with Crippen molar-refractivity contribution in [1.29, 1.82) is 0 Å². The molecule has 1 amide bonds. The fourth-order valence-electron chi connectivity index (χ4n) is 1.95. The van der Waals surface area contributed by atoms with Gasteiger partial charge in [0.2, 0.25) is 0 Å². The maximum atomic E-state index is 12.1. The monoisotopic (exact) mass is 275 g/mol. The summed E-state index contributed by atoms with van der Waals surface area (Å²) in [6.07, 6.45) is 1.04. The third-order valence-electron chi connectivity index (χ3n) is 3.07. The van der Waals surface area contributed by atoms with E-state index in [1.807, 2.05) is 30.8 Å². The van der Waals surface area contributed by atoms with E-state index in [9.17, 15) is 4.79 Å². The standard InChI is InChI=1S/C15H17NO2S/c1-11-4-5-13(9-12(11)3-2-7-17)15(18)16-14-6-8-19-10-14/h4-5,9,14,17H,6-8,10H2,1H3,(H,16,18). The highest BCUT2D eigenvalue weighted by molar-refractivity contribution is 7.99. The highest BCUT2D eigenvalue weighted by Gasteiger charge is 2.18. The quantitative estimate of drug-likeness (QED) is 0.806. The Morgan fingerprint density at radius 3 is 3.11 bits per heavy atom. The molecule has 2 N–H and O–H groups in total. The van der Waals surface area contributed by atoms with Crippen LogP contribution in [-0.4, -0.2) is 35.2 Å². The third kappa shape index (κ3) is 3.76. The molecule has 0 spiro atoms. The molecule has 0 radical (unpaired) electrons. The van der Waals surface area contributed by atoms with Gasteiger partial charge in [-0.1, -0.05) is 17.9 Å². The highest BCUT2D eigenvalue weighted by Crippen LogP contribution is 2.18. The van der Waals surface area contributed by atoms with Crippen molar-refractivity contribution in [3.8, 4) is 11.8 Å². The minimum Gasteiger partial charge on any atom is -0.384 e. The molecule has 1 fully saturated rings. The first-order chi connectivity index (χ1) is 9.20. The average Bonchev–Trinajstić information content (AvgIpc) is 2.90. The second-order valence-electron chi connectivity index (χ2n) is 4.52. The van der Waals surface area contributed by atoms with Crippen LogP contribution in [0, 0.1) is 18.8 Å². The summed E-state index contributed by atoms with van der Waals surface area (Å²) >= 11 is 1.87. The van der Waals surface area contributed by atoms with Crippen molar-refractivity contribution in [2.45, 2.75) is 19.4 Å². The van der Waals surface area contributed by atoms with E-state index in [-0.39, 0.29) is 18.6 Å². The van der Waals surface area contributed by atoms with Crippen LogP contribution in [0.5, 0.6) is 0 Å². The van der Waals surface area contributed by atoms with Crippen LogP contribution in [0.2, 0.25) is 0 Å². The lowest BCUT2D eigenvalue weighted by Crippen LogP contribution is -2.34. The van der Waals surface area contributed by atoms with Crippen molar-refractivity contribution in [2.24, 2.45) is 0 Å². The van der Waals surface area contributed by atoms with E-state index in [0.717, 1.165) is 29.1 Å². The van der Waals surface area contributed by atoms with E-state index in [1.165, 1.54) is 0 Å². The fraction of sp³-hybridized carbons (Fsp3) is 0.400. The molecule has 0 saturated carbocycles. The Hall–Kier alpha value is -1.44. The summed E-state index contributed by atoms with van der Waals surface area (Å²) in [5.74, 6) is 7.55. The Balaban J connectivity index is 2.12. The topological polar surface area (TPSA) is 49.3 Å². The van der Waals surface area contributed by atoms with E-state index >= 15 is 0 Å². The Morgan fingerprint density at radius 1 is 1.58 bits per heavy atom. The second-order valence-corrected chi connectivity index (χ2v) is 5.67. The number of aliphatic hydroxyl groups excluding tert-OH is 1. The molecule has 2 rings (SSSR count). The zero-order valence-corrected chi connectivity index (χ0v) is 11.7. The van der Waals surface area contributed by atoms with Gasteiger partial charge < -0.3 is 10.4 Å². The summed E-state index contributed by atoms with van der Waals surface area (Å²) in [4.78, 5) is 12.1. The molecule has 3 nitrogen and oxygen atoms in total. The van der Waals surface area contributed by atoms with Crippen molar-refractivity contribution in [1.82, 2.24) is 5.32 Å².